The Balaban J connectivity index is 1.73. The number of carbonyl (C=O) groups excluding carboxylic acids is 1. The van der Waals surface area contributed by atoms with E-state index in [1.807, 2.05) is 0 Å². The molecule has 6 heteroatoms. The van der Waals surface area contributed by atoms with Gasteiger partial charge < -0.3 is 15.8 Å². The zero-order valence-electron chi connectivity index (χ0n) is 9.73. The number of hydrogen-bond acceptors (Lipinski definition) is 4. The first-order valence-corrected chi connectivity index (χ1v) is 6.80. The van der Waals surface area contributed by atoms with Crippen LogP contribution in [0.1, 0.15) is 29.6 Å². The molecule has 3 heterocycles. The second kappa shape index (κ2) is 4.51. The molecule has 0 aromatic carbocycles. The lowest BCUT2D eigenvalue weighted by atomic mass is 9.95. The van der Waals surface area contributed by atoms with Crippen molar-refractivity contribution in [3.63, 3.8) is 0 Å². The Hall–Kier alpha value is -1.14. The molecule has 0 saturated carbocycles. The number of aromatic nitrogens is 1. The SMILES string of the molecule is Nc1ncc(Br)cc1C(=O)NC1CC2CCC1O2. The molecule has 0 spiro atoms. The lowest BCUT2D eigenvalue weighted by Gasteiger charge is -2.20. The Morgan fingerprint density at radius 2 is 2.39 bits per heavy atom. The number of nitrogens with two attached hydrogens (primary N) is 1. The highest BCUT2D eigenvalue weighted by atomic mass is 79.9. The maximum absolute atomic E-state index is 12.1. The predicted octanol–water partition coefficient (Wildman–Crippen LogP) is 1.48. The number of pyridine rings is 1. The molecule has 3 atom stereocenters. The van der Waals surface area contributed by atoms with Crippen LogP contribution in [0.4, 0.5) is 5.82 Å². The second-order valence-electron chi connectivity index (χ2n) is 4.78. The van der Waals surface area contributed by atoms with Crippen LogP contribution in [0.25, 0.3) is 0 Å². The number of amides is 1. The van der Waals surface area contributed by atoms with Crippen molar-refractivity contribution >= 4 is 27.7 Å². The van der Waals surface area contributed by atoms with Crippen LogP contribution < -0.4 is 11.1 Å². The summed E-state index contributed by atoms with van der Waals surface area (Å²) in [5.74, 6) is 0.0715. The van der Waals surface area contributed by atoms with Gasteiger partial charge in [-0.3, -0.25) is 4.79 Å². The van der Waals surface area contributed by atoms with Gasteiger partial charge in [-0.2, -0.15) is 0 Å². The number of fused-ring (bicyclic) bond motifs is 2. The van der Waals surface area contributed by atoms with E-state index in [-0.39, 0.29) is 23.9 Å². The highest BCUT2D eigenvalue weighted by Crippen LogP contribution is 2.34. The molecule has 3 N–H and O–H groups in total. The Bertz CT molecular complexity index is 494. The van der Waals surface area contributed by atoms with Crippen molar-refractivity contribution in [3.8, 4) is 0 Å². The lowest BCUT2D eigenvalue weighted by molar-refractivity contribution is 0.0841. The molecule has 2 aliphatic rings. The molecule has 0 radical (unpaired) electrons. The summed E-state index contributed by atoms with van der Waals surface area (Å²) in [6.45, 7) is 0. The van der Waals surface area contributed by atoms with Crippen molar-refractivity contribution in [1.29, 1.82) is 0 Å². The molecule has 18 heavy (non-hydrogen) atoms. The van der Waals surface area contributed by atoms with Crippen LogP contribution in [0.2, 0.25) is 0 Å². The number of rotatable bonds is 2. The van der Waals surface area contributed by atoms with Crippen LogP contribution in [0.15, 0.2) is 16.7 Å². The summed E-state index contributed by atoms with van der Waals surface area (Å²) in [6.07, 6.45) is 5.10. The van der Waals surface area contributed by atoms with E-state index in [1.165, 1.54) is 0 Å². The first-order valence-electron chi connectivity index (χ1n) is 6.01. The highest BCUT2D eigenvalue weighted by Gasteiger charge is 2.41. The third-order valence-electron chi connectivity index (χ3n) is 3.55. The fourth-order valence-electron chi connectivity index (χ4n) is 2.67. The molecular weight excluding hydrogens is 298 g/mol. The number of nitrogens with zero attached hydrogens (tertiary/aromatic N) is 1. The van der Waals surface area contributed by atoms with Crippen molar-refractivity contribution in [2.45, 2.75) is 37.5 Å². The fraction of sp³-hybridized carbons (Fsp3) is 0.500. The number of nitrogen functional groups attached to an aromatic ring is 1. The van der Waals surface area contributed by atoms with Gasteiger partial charge in [0, 0.05) is 10.7 Å². The molecule has 2 bridgehead atoms. The monoisotopic (exact) mass is 311 g/mol. The number of halogens is 1. The smallest absolute Gasteiger partial charge is 0.255 e. The van der Waals surface area contributed by atoms with Crippen molar-refractivity contribution in [2.75, 3.05) is 5.73 Å². The minimum Gasteiger partial charge on any atom is -0.383 e. The minimum atomic E-state index is -0.178. The Morgan fingerprint density at radius 1 is 1.56 bits per heavy atom. The standard InChI is InChI=1S/C12H14BrN3O2/c13-6-3-8(11(14)15-5-6)12(17)16-9-4-7-1-2-10(9)18-7/h3,5,7,9-10H,1-2,4H2,(H2,14,15)(H,16,17). The van der Waals surface area contributed by atoms with E-state index in [4.69, 9.17) is 10.5 Å². The van der Waals surface area contributed by atoms with Gasteiger partial charge >= 0.3 is 0 Å². The van der Waals surface area contributed by atoms with E-state index in [0.29, 0.717) is 11.7 Å². The molecule has 1 aromatic heterocycles. The molecule has 1 amide bonds. The molecule has 1 aromatic rings. The molecule has 2 aliphatic heterocycles. The third-order valence-corrected chi connectivity index (χ3v) is 3.99. The topological polar surface area (TPSA) is 77.2 Å². The van der Waals surface area contributed by atoms with E-state index in [9.17, 15) is 4.79 Å². The van der Waals surface area contributed by atoms with Gasteiger partial charge in [0.15, 0.2) is 0 Å². The average molecular weight is 312 g/mol. The van der Waals surface area contributed by atoms with Gasteiger partial charge in [0.25, 0.3) is 5.91 Å². The summed E-state index contributed by atoms with van der Waals surface area (Å²) >= 11 is 3.29. The summed E-state index contributed by atoms with van der Waals surface area (Å²) in [6, 6.07) is 1.79. The van der Waals surface area contributed by atoms with Crippen LogP contribution in [0.5, 0.6) is 0 Å². The Labute approximate surface area is 113 Å². The van der Waals surface area contributed by atoms with Crippen LogP contribution in [-0.4, -0.2) is 29.1 Å². The van der Waals surface area contributed by atoms with Crippen molar-refractivity contribution in [1.82, 2.24) is 10.3 Å². The van der Waals surface area contributed by atoms with Crippen molar-refractivity contribution in [3.05, 3.63) is 22.3 Å². The van der Waals surface area contributed by atoms with Crippen LogP contribution in [0, 0.1) is 0 Å². The normalized spacial score (nSPS) is 29.5. The number of hydrogen-bond donors (Lipinski definition) is 2. The van der Waals surface area contributed by atoms with Crippen molar-refractivity contribution < 1.29 is 9.53 Å². The van der Waals surface area contributed by atoms with E-state index < -0.39 is 0 Å². The van der Waals surface area contributed by atoms with Gasteiger partial charge in [-0.15, -0.1) is 0 Å². The highest BCUT2D eigenvalue weighted by molar-refractivity contribution is 9.10. The summed E-state index contributed by atoms with van der Waals surface area (Å²) in [4.78, 5) is 16.1. The molecule has 0 aliphatic carbocycles. The van der Waals surface area contributed by atoms with Crippen LogP contribution >= 0.6 is 15.9 Å². The summed E-state index contributed by atoms with van der Waals surface area (Å²) in [5, 5.41) is 2.99. The number of nitrogens with one attached hydrogen (secondary N) is 1. The maximum Gasteiger partial charge on any atom is 0.255 e. The molecule has 2 saturated heterocycles. The minimum absolute atomic E-state index is 0.106. The second-order valence-corrected chi connectivity index (χ2v) is 5.69. The van der Waals surface area contributed by atoms with Crippen LogP contribution in [0.3, 0.4) is 0 Å². The zero-order chi connectivity index (χ0) is 12.7. The maximum atomic E-state index is 12.1. The first-order chi connectivity index (χ1) is 8.63. The fourth-order valence-corrected chi connectivity index (χ4v) is 3.00. The van der Waals surface area contributed by atoms with E-state index in [0.717, 1.165) is 23.7 Å². The molecule has 2 fully saturated rings. The van der Waals surface area contributed by atoms with Gasteiger partial charge in [0.1, 0.15) is 5.82 Å². The number of anilines is 1. The van der Waals surface area contributed by atoms with Gasteiger partial charge in [-0.25, -0.2) is 4.98 Å². The summed E-state index contributed by atoms with van der Waals surface area (Å²) in [7, 11) is 0. The molecular formula is C12H14BrN3O2. The number of ether oxygens (including phenoxy) is 1. The van der Waals surface area contributed by atoms with E-state index in [1.54, 1.807) is 12.3 Å². The van der Waals surface area contributed by atoms with E-state index >= 15 is 0 Å². The number of carbonyl (C=O) groups is 1. The van der Waals surface area contributed by atoms with E-state index in [2.05, 4.69) is 26.2 Å². The summed E-state index contributed by atoms with van der Waals surface area (Å²) < 4.78 is 6.45. The molecule has 96 valence electrons. The Kier molecular flexibility index (Phi) is 2.99. The van der Waals surface area contributed by atoms with Gasteiger partial charge in [0.2, 0.25) is 0 Å². The lowest BCUT2D eigenvalue weighted by Crippen LogP contribution is -2.41. The van der Waals surface area contributed by atoms with Gasteiger partial charge in [-0.1, -0.05) is 0 Å². The average Bonchev–Trinajstić information content (AvgIpc) is 2.94. The van der Waals surface area contributed by atoms with Crippen molar-refractivity contribution in [2.24, 2.45) is 0 Å². The summed E-state index contributed by atoms with van der Waals surface area (Å²) in [5.41, 5.74) is 6.13. The van der Waals surface area contributed by atoms with Gasteiger partial charge in [-0.05, 0) is 41.3 Å². The third kappa shape index (κ3) is 2.10. The van der Waals surface area contributed by atoms with Crippen LogP contribution in [-0.2, 0) is 4.74 Å². The zero-order valence-corrected chi connectivity index (χ0v) is 11.3. The Morgan fingerprint density at radius 3 is 3.06 bits per heavy atom. The molecule has 3 unspecified atom stereocenters. The predicted molar refractivity (Wildman–Crippen MR) is 70.1 cm³/mol. The first kappa shape index (κ1) is 11.9. The quantitative estimate of drug-likeness (QED) is 0.867. The molecule has 3 rings (SSSR count). The van der Waals surface area contributed by atoms with Gasteiger partial charge in [0.05, 0.1) is 23.8 Å². The largest absolute Gasteiger partial charge is 0.383 e. The molecule has 5 nitrogen and oxygen atoms in total.